The Balaban J connectivity index is 1.47. The lowest BCUT2D eigenvalue weighted by atomic mass is 10.1. The van der Waals surface area contributed by atoms with E-state index in [1.165, 1.54) is 0 Å². The van der Waals surface area contributed by atoms with Crippen LogP contribution in [-0.2, 0) is 22.4 Å². The number of H-pyrrole nitrogens is 1. The quantitative estimate of drug-likeness (QED) is 0.740. The minimum atomic E-state index is -0.0483. The molecule has 2 heterocycles. The molecule has 1 aliphatic rings. The predicted octanol–water partition coefficient (Wildman–Crippen LogP) is 3.89. The number of aromatic amines is 1. The van der Waals surface area contributed by atoms with Gasteiger partial charge in [0.2, 0.25) is 11.8 Å². The summed E-state index contributed by atoms with van der Waals surface area (Å²) in [4.78, 5) is 29.8. The summed E-state index contributed by atoms with van der Waals surface area (Å²) in [6.45, 7) is 4.54. The first-order valence-corrected chi connectivity index (χ1v) is 9.32. The van der Waals surface area contributed by atoms with Crippen LogP contribution in [0.2, 0.25) is 0 Å². The standard InChI is InChI=1S/C22H23N3O2/c1-14(2)22(27)25-10-9-15-11-17(7-8-20(15)25)24-21(26)12-16-13-23-19-6-4-3-5-18(16)19/h3-8,11,13-14,23H,9-10,12H2,1-2H3,(H,24,26). The molecule has 2 amide bonds. The van der Waals surface area contributed by atoms with Gasteiger partial charge in [0.1, 0.15) is 0 Å². The molecular formula is C22H23N3O2. The average Bonchev–Trinajstić information content (AvgIpc) is 3.25. The average molecular weight is 361 g/mol. The number of carbonyl (C=O) groups excluding carboxylic acids is 2. The maximum atomic E-state index is 12.5. The number of hydrogen-bond donors (Lipinski definition) is 2. The van der Waals surface area contributed by atoms with Crippen molar-refractivity contribution in [1.29, 1.82) is 0 Å². The van der Waals surface area contributed by atoms with E-state index in [1.807, 2.05) is 67.4 Å². The minimum Gasteiger partial charge on any atom is -0.361 e. The van der Waals surface area contributed by atoms with E-state index >= 15 is 0 Å². The number of nitrogens with zero attached hydrogens (tertiary/aromatic N) is 1. The molecule has 2 N–H and O–H groups in total. The summed E-state index contributed by atoms with van der Waals surface area (Å²) < 4.78 is 0. The molecule has 0 saturated heterocycles. The zero-order valence-electron chi connectivity index (χ0n) is 15.6. The van der Waals surface area contributed by atoms with Gasteiger partial charge >= 0.3 is 0 Å². The Labute approximate surface area is 158 Å². The number of benzene rings is 2. The summed E-state index contributed by atoms with van der Waals surface area (Å²) >= 11 is 0. The van der Waals surface area contributed by atoms with Crippen molar-refractivity contribution < 1.29 is 9.59 Å². The summed E-state index contributed by atoms with van der Waals surface area (Å²) in [7, 11) is 0. The summed E-state index contributed by atoms with van der Waals surface area (Å²) in [5, 5.41) is 4.06. The van der Waals surface area contributed by atoms with Gasteiger partial charge in [0.05, 0.1) is 6.42 Å². The van der Waals surface area contributed by atoms with Crippen molar-refractivity contribution in [2.75, 3.05) is 16.8 Å². The zero-order chi connectivity index (χ0) is 19.0. The second-order valence-electron chi connectivity index (χ2n) is 7.32. The molecule has 5 heteroatoms. The molecule has 0 saturated carbocycles. The Hall–Kier alpha value is -3.08. The molecule has 1 aromatic heterocycles. The monoisotopic (exact) mass is 361 g/mol. The highest BCUT2D eigenvalue weighted by Crippen LogP contribution is 2.31. The SMILES string of the molecule is CC(C)C(=O)N1CCc2cc(NC(=O)Cc3c[nH]c4ccccc34)ccc21. The van der Waals surface area contributed by atoms with Gasteiger partial charge in [-0.05, 0) is 41.8 Å². The van der Waals surface area contributed by atoms with Crippen LogP contribution in [0.3, 0.4) is 0 Å². The highest BCUT2D eigenvalue weighted by Gasteiger charge is 2.26. The Morgan fingerprint density at radius 1 is 1.19 bits per heavy atom. The number of para-hydroxylation sites is 1. The number of rotatable bonds is 4. The van der Waals surface area contributed by atoms with Crippen LogP contribution in [0.25, 0.3) is 10.9 Å². The van der Waals surface area contributed by atoms with E-state index in [0.29, 0.717) is 13.0 Å². The van der Waals surface area contributed by atoms with E-state index in [-0.39, 0.29) is 17.7 Å². The fourth-order valence-corrected chi connectivity index (χ4v) is 3.68. The molecule has 0 bridgehead atoms. The highest BCUT2D eigenvalue weighted by molar-refractivity contribution is 5.98. The van der Waals surface area contributed by atoms with Crippen molar-refractivity contribution in [3.8, 4) is 0 Å². The van der Waals surface area contributed by atoms with Crippen LogP contribution in [0.1, 0.15) is 25.0 Å². The number of aromatic nitrogens is 1. The molecule has 0 unspecified atom stereocenters. The second-order valence-corrected chi connectivity index (χ2v) is 7.32. The van der Waals surface area contributed by atoms with Gasteiger partial charge in [-0.15, -0.1) is 0 Å². The van der Waals surface area contributed by atoms with E-state index in [1.54, 1.807) is 0 Å². The van der Waals surface area contributed by atoms with Gasteiger partial charge in [0.25, 0.3) is 0 Å². The van der Waals surface area contributed by atoms with Crippen LogP contribution in [0, 0.1) is 5.92 Å². The molecule has 3 aromatic rings. The topological polar surface area (TPSA) is 65.2 Å². The van der Waals surface area contributed by atoms with Crippen LogP contribution >= 0.6 is 0 Å². The number of fused-ring (bicyclic) bond motifs is 2. The Morgan fingerprint density at radius 2 is 2.00 bits per heavy atom. The Bertz CT molecular complexity index is 1020. The van der Waals surface area contributed by atoms with Crippen LogP contribution in [0.5, 0.6) is 0 Å². The van der Waals surface area contributed by atoms with Gasteiger partial charge in [-0.3, -0.25) is 9.59 Å². The van der Waals surface area contributed by atoms with Gasteiger partial charge in [-0.1, -0.05) is 32.0 Å². The molecule has 0 radical (unpaired) electrons. The van der Waals surface area contributed by atoms with Crippen LogP contribution < -0.4 is 10.2 Å². The molecule has 2 aromatic carbocycles. The van der Waals surface area contributed by atoms with E-state index in [9.17, 15) is 9.59 Å². The third-order valence-electron chi connectivity index (χ3n) is 5.04. The van der Waals surface area contributed by atoms with E-state index in [4.69, 9.17) is 0 Å². The van der Waals surface area contributed by atoms with Gasteiger partial charge in [-0.25, -0.2) is 0 Å². The van der Waals surface area contributed by atoms with Crippen molar-refractivity contribution >= 4 is 34.1 Å². The van der Waals surface area contributed by atoms with Gasteiger partial charge in [0, 0.05) is 40.9 Å². The predicted molar refractivity (Wildman–Crippen MR) is 108 cm³/mol. The lowest BCUT2D eigenvalue weighted by Crippen LogP contribution is -2.32. The van der Waals surface area contributed by atoms with Crippen LogP contribution in [0.4, 0.5) is 11.4 Å². The lowest BCUT2D eigenvalue weighted by molar-refractivity contribution is -0.121. The van der Waals surface area contributed by atoms with Gasteiger partial charge in [-0.2, -0.15) is 0 Å². The molecule has 138 valence electrons. The van der Waals surface area contributed by atoms with E-state index < -0.39 is 0 Å². The molecule has 0 spiro atoms. The third-order valence-corrected chi connectivity index (χ3v) is 5.04. The summed E-state index contributed by atoms with van der Waals surface area (Å²) in [5.74, 6) is 0.0733. The Kier molecular flexibility index (Phi) is 4.44. The number of carbonyl (C=O) groups is 2. The van der Waals surface area contributed by atoms with E-state index in [2.05, 4.69) is 10.3 Å². The molecule has 0 fully saturated rings. The second kappa shape index (κ2) is 6.91. The smallest absolute Gasteiger partial charge is 0.229 e. The molecule has 4 rings (SSSR count). The summed E-state index contributed by atoms with van der Waals surface area (Å²) in [6.07, 6.45) is 3.03. The van der Waals surface area contributed by atoms with Crippen LogP contribution in [0.15, 0.2) is 48.7 Å². The largest absolute Gasteiger partial charge is 0.361 e. The van der Waals surface area contributed by atoms with Crippen LogP contribution in [-0.4, -0.2) is 23.3 Å². The molecule has 0 atom stereocenters. The molecule has 5 nitrogen and oxygen atoms in total. The maximum absolute atomic E-state index is 12.5. The van der Waals surface area contributed by atoms with Gasteiger partial charge < -0.3 is 15.2 Å². The number of anilines is 2. The number of amides is 2. The number of nitrogens with one attached hydrogen (secondary N) is 2. The van der Waals surface area contributed by atoms with Crippen molar-refractivity contribution in [3.63, 3.8) is 0 Å². The maximum Gasteiger partial charge on any atom is 0.229 e. The summed E-state index contributed by atoms with van der Waals surface area (Å²) in [5.41, 5.74) is 4.86. The van der Waals surface area contributed by atoms with Crippen molar-refractivity contribution in [1.82, 2.24) is 4.98 Å². The first-order chi connectivity index (χ1) is 13.0. The lowest BCUT2D eigenvalue weighted by Gasteiger charge is -2.19. The highest BCUT2D eigenvalue weighted by atomic mass is 16.2. The summed E-state index contributed by atoms with van der Waals surface area (Å²) in [6, 6.07) is 13.8. The number of hydrogen-bond acceptors (Lipinski definition) is 2. The van der Waals surface area contributed by atoms with Gasteiger partial charge in [0.15, 0.2) is 0 Å². The van der Waals surface area contributed by atoms with Crippen molar-refractivity contribution in [2.24, 2.45) is 5.92 Å². The van der Waals surface area contributed by atoms with Crippen molar-refractivity contribution in [3.05, 3.63) is 59.8 Å². The first kappa shape index (κ1) is 17.3. The molecule has 1 aliphatic heterocycles. The fraction of sp³-hybridized carbons (Fsp3) is 0.273. The third kappa shape index (κ3) is 3.33. The Morgan fingerprint density at radius 3 is 2.81 bits per heavy atom. The first-order valence-electron chi connectivity index (χ1n) is 9.32. The fourth-order valence-electron chi connectivity index (χ4n) is 3.68. The minimum absolute atomic E-state index is 0.0218. The normalized spacial score (nSPS) is 13.2. The van der Waals surface area contributed by atoms with E-state index in [0.717, 1.165) is 39.8 Å². The molecule has 0 aliphatic carbocycles. The molecular weight excluding hydrogens is 338 g/mol. The molecule has 27 heavy (non-hydrogen) atoms. The van der Waals surface area contributed by atoms with Crippen molar-refractivity contribution in [2.45, 2.75) is 26.7 Å². The zero-order valence-corrected chi connectivity index (χ0v) is 15.6.